The van der Waals surface area contributed by atoms with Crippen LogP contribution in [0.15, 0.2) is 0 Å². The van der Waals surface area contributed by atoms with Crippen LogP contribution in [0.4, 0.5) is 4.79 Å². The third-order valence-corrected chi connectivity index (χ3v) is 3.45. The van der Waals surface area contributed by atoms with Gasteiger partial charge in [0.25, 0.3) is 0 Å². The van der Waals surface area contributed by atoms with Gasteiger partial charge in [-0.1, -0.05) is 24.6 Å². The van der Waals surface area contributed by atoms with Crippen molar-refractivity contribution in [3.63, 3.8) is 0 Å². The SMILES string of the molecule is CSSC(OC(=O)OC(C)C)C(C)C. The molecule has 0 rings (SSSR count). The molecule has 0 aromatic heterocycles. The molecule has 0 radical (unpaired) electrons. The van der Waals surface area contributed by atoms with Crippen molar-refractivity contribution in [3.8, 4) is 0 Å². The molecule has 0 aliphatic rings. The summed E-state index contributed by atoms with van der Waals surface area (Å²) in [6.07, 6.45) is 1.24. The number of carbonyl (C=O) groups is 1. The van der Waals surface area contributed by atoms with Gasteiger partial charge in [0.1, 0.15) is 0 Å². The lowest BCUT2D eigenvalue weighted by atomic mass is 10.2. The van der Waals surface area contributed by atoms with Gasteiger partial charge in [-0.25, -0.2) is 4.79 Å². The Balaban J connectivity index is 3.96. The van der Waals surface area contributed by atoms with Crippen LogP contribution in [-0.2, 0) is 9.47 Å². The summed E-state index contributed by atoms with van der Waals surface area (Å²) in [5.74, 6) is 0.284. The van der Waals surface area contributed by atoms with Crippen molar-refractivity contribution < 1.29 is 14.3 Å². The fourth-order valence-electron chi connectivity index (χ4n) is 0.677. The maximum atomic E-state index is 11.2. The van der Waals surface area contributed by atoms with Gasteiger partial charge in [0, 0.05) is 5.92 Å². The van der Waals surface area contributed by atoms with Gasteiger partial charge in [-0.15, -0.1) is 0 Å². The predicted octanol–water partition coefficient (Wildman–Crippen LogP) is 3.54. The Morgan fingerprint density at radius 3 is 2.07 bits per heavy atom. The highest BCUT2D eigenvalue weighted by Gasteiger charge is 2.20. The molecule has 1 atom stereocenters. The minimum absolute atomic E-state index is 0.130. The molecule has 0 bridgehead atoms. The summed E-state index contributed by atoms with van der Waals surface area (Å²) in [4.78, 5) is 11.2. The Morgan fingerprint density at radius 1 is 1.14 bits per heavy atom. The van der Waals surface area contributed by atoms with Crippen LogP contribution in [-0.4, -0.2) is 24.0 Å². The second-order valence-corrected chi connectivity index (χ2v) is 5.98. The minimum Gasteiger partial charge on any atom is -0.432 e. The lowest BCUT2D eigenvalue weighted by Gasteiger charge is -2.19. The lowest BCUT2D eigenvalue weighted by molar-refractivity contribution is 0.0196. The first-order chi connectivity index (χ1) is 6.47. The molecule has 0 spiro atoms. The third kappa shape index (κ3) is 6.43. The van der Waals surface area contributed by atoms with Crippen LogP contribution in [0.5, 0.6) is 0 Å². The maximum Gasteiger partial charge on any atom is 0.509 e. The van der Waals surface area contributed by atoms with E-state index in [-0.39, 0.29) is 17.5 Å². The molecule has 14 heavy (non-hydrogen) atoms. The summed E-state index contributed by atoms with van der Waals surface area (Å²) < 4.78 is 10.0. The van der Waals surface area contributed by atoms with Crippen molar-refractivity contribution in [2.45, 2.75) is 39.2 Å². The van der Waals surface area contributed by atoms with Crippen LogP contribution in [0, 0.1) is 5.92 Å². The molecule has 0 saturated carbocycles. The second-order valence-electron chi connectivity index (χ2n) is 3.41. The highest BCUT2D eigenvalue weighted by atomic mass is 33.1. The highest BCUT2D eigenvalue weighted by molar-refractivity contribution is 8.76. The molecule has 0 aromatic rings. The van der Waals surface area contributed by atoms with Crippen LogP contribution < -0.4 is 0 Å². The maximum absolute atomic E-state index is 11.2. The Kier molecular flexibility index (Phi) is 7.27. The van der Waals surface area contributed by atoms with Crippen LogP contribution in [0.2, 0.25) is 0 Å². The topological polar surface area (TPSA) is 35.5 Å². The van der Waals surface area contributed by atoms with Crippen LogP contribution in [0.3, 0.4) is 0 Å². The van der Waals surface area contributed by atoms with E-state index in [4.69, 9.17) is 9.47 Å². The zero-order valence-corrected chi connectivity index (χ0v) is 10.9. The van der Waals surface area contributed by atoms with Gasteiger partial charge < -0.3 is 9.47 Å². The predicted molar refractivity (Wildman–Crippen MR) is 62.4 cm³/mol. The van der Waals surface area contributed by atoms with E-state index < -0.39 is 6.16 Å². The van der Waals surface area contributed by atoms with E-state index in [1.165, 1.54) is 10.8 Å². The Morgan fingerprint density at radius 2 is 1.71 bits per heavy atom. The molecule has 5 heteroatoms. The number of rotatable bonds is 5. The third-order valence-electron chi connectivity index (χ3n) is 1.28. The smallest absolute Gasteiger partial charge is 0.432 e. The van der Waals surface area contributed by atoms with E-state index in [0.29, 0.717) is 0 Å². The quantitative estimate of drug-likeness (QED) is 0.416. The van der Waals surface area contributed by atoms with Crippen molar-refractivity contribution in [1.29, 1.82) is 0 Å². The van der Waals surface area contributed by atoms with Crippen molar-refractivity contribution in [2.24, 2.45) is 5.92 Å². The van der Waals surface area contributed by atoms with Crippen molar-refractivity contribution in [2.75, 3.05) is 6.26 Å². The first kappa shape index (κ1) is 14.0. The fraction of sp³-hybridized carbons (Fsp3) is 0.889. The molecule has 0 fully saturated rings. The van der Waals surface area contributed by atoms with E-state index in [1.807, 2.05) is 20.1 Å². The average molecular weight is 238 g/mol. The van der Waals surface area contributed by atoms with Gasteiger partial charge in [-0.2, -0.15) is 0 Å². The van der Waals surface area contributed by atoms with Gasteiger partial charge in [-0.3, -0.25) is 0 Å². The van der Waals surface area contributed by atoms with Gasteiger partial charge in [-0.05, 0) is 30.9 Å². The molecule has 84 valence electrons. The summed E-state index contributed by atoms with van der Waals surface area (Å²) in [7, 11) is 3.12. The molecule has 1 unspecified atom stereocenters. The zero-order chi connectivity index (χ0) is 11.1. The summed E-state index contributed by atoms with van der Waals surface area (Å²) in [6, 6.07) is 0. The molecular formula is C9H18O3S2. The number of hydrogen-bond donors (Lipinski definition) is 0. The van der Waals surface area contributed by atoms with Crippen LogP contribution in [0.25, 0.3) is 0 Å². The van der Waals surface area contributed by atoms with E-state index in [2.05, 4.69) is 0 Å². The van der Waals surface area contributed by atoms with E-state index in [1.54, 1.807) is 24.6 Å². The van der Waals surface area contributed by atoms with Gasteiger partial charge >= 0.3 is 6.16 Å². The first-order valence-corrected chi connectivity index (χ1v) is 7.16. The molecule has 0 amide bonds. The molecule has 0 aromatic carbocycles. The summed E-state index contributed by atoms with van der Waals surface area (Å²) in [6.45, 7) is 7.62. The van der Waals surface area contributed by atoms with Crippen LogP contribution >= 0.6 is 21.6 Å². The van der Waals surface area contributed by atoms with E-state index >= 15 is 0 Å². The Hall–Kier alpha value is -0.0300. The number of carbonyl (C=O) groups excluding carboxylic acids is 1. The zero-order valence-electron chi connectivity index (χ0n) is 9.27. The Labute approximate surface area is 93.7 Å². The van der Waals surface area contributed by atoms with Crippen molar-refractivity contribution >= 4 is 27.7 Å². The molecule has 0 aliphatic carbocycles. The number of ether oxygens (including phenoxy) is 2. The Bertz CT molecular complexity index is 171. The molecule has 0 heterocycles. The summed E-state index contributed by atoms with van der Waals surface area (Å²) in [5, 5.41) is 0. The minimum atomic E-state index is -0.583. The second kappa shape index (κ2) is 7.29. The molecular weight excluding hydrogens is 220 g/mol. The standard InChI is InChI=1S/C9H18O3S2/c1-6(2)8(14-13-5)12-9(10)11-7(3)4/h6-8H,1-5H3. The average Bonchev–Trinajstić information content (AvgIpc) is 2.01. The molecule has 0 N–H and O–H groups in total. The normalized spacial score (nSPS) is 13.1. The van der Waals surface area contributed by atoms with Crippen molar-refractivity contribution in [3.05, 3.63) is 0 Å². The lowest BCUT2D eigenvalue weighted by Crippen LogP contribution is -2.22. The largest absolute Gasteiger partial charge is 0.509 e. The van der Waals surface area contributed by atoms with E-state index in [0.717, 1.165) is 0 Å². The highest BCUT2D eigenvalue weighted by Crippen LogP contribution is 2.30. The molecule has 0 saturated heterocycles. The molecule has 3 nitrogen and oxygen atoms in total. The summed E-state index contributed by atoms with van der Waals surface area (Å²) in [5.41, 5.74) is -0.142. The van der Waals surface area contributed by atoms with Gasteiger partial charge in [0.15, 0.2) is 5.44 Å². The number of hydrogen-bond acceptors (Lipinski definition) is 5. The first-order valence-electron chi connectivity index (χ1n) is 4.54. The molecule has 0 aliphatic heterocycles. The fourth-order valence-corrected chi connectivity index (χ4v) is 2.56. The van der Waals surface area contributed by atoms with Crippen molar-refractivity contribution in [1.82, 2.24) is 0 Å². The van der Waals surface area contributed by atoms with Crippen LogP contribution in [0.1, 0.15) is 27.7 Å². The van der Waals surface area contributed by atoms with Gasteiger partial charge in [0.05, 0.1) is 6.10 Å². The van der Waals surface area contributed by atoms with Gasteiger partial charge in [0.2, 0.25) is 0 Å². The summed E-state index contributed by atoms with van der Waals surface area (Å²) >= 11 is 0. The monoisotopic (exact) mass is 238 g/mol. The van der Waals surface area contributed by atoms with E-state index in [9.17, 15) is 4.79 Å².